The minimum Gasteiger partial charge on any atom is -0.381 e. The van der Waals surface area contributed by atoms with Crippen LogP contribution in [0.3, 0.4) is 0 Å². The van der Waals surface area contributed by atoms with Crippen LogP contribution in [-0.4, -0.2) is 53.4 Å². The second-order valence-corrected chi connectivity index (χ2v) is 9.46. The number of nitrogens with zero attached hydrogens (tertiary/aromatic N) is 3. The van der Waals surface area contributed by atoms with E-state index in [9.17, 15) is 17.6 Å². The maximum Gasteiger partial charge on any atom is 0.431 e. The highest BCUT2D eigenvalue weighted by atomic mass is 19.4. The number of fused-ring (bicyclic) bond motifs is 3. The minimum absolute atomic E-state index is 0.110. The van der Waals surface area contributed by atoms with Gasteiger partial charge in [-0.25, -0.2) is 9.37 Å². The Bertz CT molecular complexity index is 1240. The number of alkyl halides is 3. The molecule has 4 atom stereocenters. The normalized spacial score (nSPS) is 27.5. The molecular formula is C24H24F4N5O+. The second kappa shape index (κ2) is 8.13. The van der Waals surface area contributed by atoms with Crippen LogP contribution in [0.15, 0.2) is 35.6 Å². The standard InChI is InChI=1S/C24H23F4N5O/c25-16-2-3-17-13(5-16)1-4-20(33-8-14-10-34-11-15(14)9-33)19(17)7-29-22-18-6-21(24(26,27)28)32-23(18)31-12-30-22/h2-3,5-7,12,14-15,19-20H,1,4,8-11H2,(H,30,31,32)/p+1/b29-7-/t14-,15+,19?,20-/m0/s1. The SMILES string of the molecule is Fc1ccc2c(c1)CC[C@H](N1C[C@H]3COC[C@H]3C1)C2/C=N\c1[nH+]cnc2[nH]c(C(F)(F)F)cc12. The van der Waals surface area contributed by atoms with E-state index in [4.69, 9.17) is 4.74 Å². The second-order valence-electron chi connectivity index (χ2n) is 9.46. The maximum atomic E-state index is 13.9. The number of rotatable bonds is 3. The average molecular weight is 474 g/mol. The van der Waals surface area contributed by atoms with Crippen molar-refractivity contribution >= 4 is 23.1 Å². The zero-order valence-electron chi connectivity index (χ0n) is 18.3. The Balaban J connectivity index is 1.36. The van der Waals surface area contributed by atoms with Crippen LogP contribution >= 0.6 is 0 Å². The first-order chi connectivity index (χ1) is 16.4. The predicted octanol–water partition coefficient (Wildman–Crippen LogP) is 3.91. The lowest BCUT2D eigenvalue weighted by Gasteiger charge is -2.37. The molecule has 0 amide bonds. The number of likely N-dealkylation sites (tertiary alicyclic amines) is 1. The fourth-order valence-electron chi connectivity index (χ4n) is 5.77. The van der Waals surface area contributed by atoms with Crippen LogP contribution in [0.4, 0.5) is 23.4 Å². The maximum absolute atomic E-state index is 13.9. The lowest BCUT2D eigenvalue weighted by Crippen LogP contribution is -2.42. The number of aryl methyl sites for hydroxylation is 1. The molecule has 0 saturated carbocycles. The monoisotopic (exact) mass is 474 g/mol. The van der Waals surface area contributed by atoms with E-state index in [0.29, 0.717) is 17.7 Å². The van der Waals surface area contributed by atoms with Crippen molar-refractivity contribution in [2.24, 2.45) is 16.8 Å². The number of hydrogen-bond acceptors (Lipinski definition) is 4. The number of aromatic nitrogens is 3. The van der Waals surface area contributed by atoms with Gasteiger partial charge in [-0.05, 0) is 42.2 Å². The summed E-state index contributed by atoms with van der Waals surface area (Å²) in [7, 11) is 0. The third-order valence-corrected chi connectivity index (χ3v) is 7.44. The number of ether oxygens (including phenoxy) is 1. The molecule has 6 nitrogen and oxygen atoms in total. The van der Waals surface area contributed by atoms with Gasteiger partial charge in [-0.15, -0.1) is 4.99 Å². The summed E-state index contributed by atoms with van der Waals surface area (Å²) in [5.74, 6) is 0.983. The molecule has 6 rings (SSSR count). The Kier molecular flexibility index (Phi) is 5.18. The molecule has 4 heterocycles. The summed E-state index contributed by atoms with van der Waals surface area (Å²) in [4.78, 5) is 16.3. The zero-order valence-corrected chi connectivity index (χ0v) is 18.3. The van der Waals surface area contributed by atoms with E-state index in [0.717, 1.165) is 56.3 Å². The van der Waals surface area contributed by atoms with Gasteiger partial charge in [-0.2, -0.15) is 13.2 Å². The van der Waals surface area contributed by atoms with Crippen LogP contribution in [0.1, 0.15) is 29.2 Å². The Morgan fingerprint density at radius 1 is 1.18 bits per heavy atom. The molecule has 10 heteroatoms. The first-order valence-electron chi connectivity index (χ1n) is 11.5. The van der Waals surface area contributed by atoms with Crippen molar-refractivity contribution in [3.63, 3.8) is 0 Å². The van der Waals surface area contributed by atoms with E-state index in [-0.39, 0.29) is 28.8 Å². The molecule has 0 spiro atoms. The highest BCUT2D eigenvalue weighted by molar-refractivity contribution is 5.87. The van der Waals surface area contributed by atoms with E-state index >= 15 is 0 Å². The number of benzene rings is 1. The molecule has 2 saturated heterocycles. The summed E-state index contributed by atoms with van der Waals surface area (Å²) in [6.45, 7) is 3.48. The number of hydrogen-bond donors (Lipinski definition) is 1. The Morgan fingerprint density at radius 2 is 1.97 bits per heavy atom. The van der Waals surface area contributed by atoms with Crippen molar-refractivity contribution in [2.75, 3.05) is 26.3 Å². The Hall–Kier alpha value is -2.85. The fraction of sp³-hybridized carbons (Fsp3) is 0.458. The summed E-state index contributed by atoms with van der Waals surface area (Å²) < 4.78 is 59.2. The number of halogens is 4. The third kappa shape index (κ3) is 3.78. The number of H-pyrrole nitrogens is 2. The van der Waals surface area contributed by atoms with Crippen LogP contribution in [0.2, 0.25) is 0 Å². The van der Waals surface area contributed by atoms with Gasteiger partial charge in [0.25, 0.3) is 5.82 Å². The minimum atomic E-state index is -4.50. The van der Waals surface area contributed by atoms with Crippen molar-refractivity contribution in [3.8, 4) is 0 Å². The van der Waals surface area contributed by atoms with Crippen LogP contribution in [0, 0.1) is 17.7 Å². The molecule has 3 aliphatic rings. The van der Waals surface area contributed by atoms with Crippen molar-refractivity contribution in [1.29, 1.82) is 0 Å². The molecule has 1 aliphatic carbocycles. The lowest BCUT2D eigenvalue weighted by molar-refractivity contribution is -0.365. The van der Waals surface area contributed by atoms with Crippen LogP contribution in [-0.2, 0) is 17.3 Å². The fourth-order valence-corrected chi connectivity index (χ4v) is 5.77. The largest absolute Gasteiger partial charge is 0.431 e. The molecule has 2 N–H and O–H groups in total. The molecule has 2 fully saturated rings. The summed E-state index contributed by atoms with van der Waals surface area (Å²) in [6.07, 6.45) is 0.274. The summed E-state index contributed by atoms with van der Waals surface area (Å²) in [5, 5.41) is 0.269. The molecule has 0 bridgehead atoms. The molecular weight excluding hydrogens is 450 g/mol. The molecule has 1 aromatic carbocycles. The van der Waals surface area contributed by atoms with Gasteiger partial charge in [0.2, 0.25) is 12.0 Å². The Morgan fingerprint density at radius 3 is 2.74 bits per heavy atom. The summed E-state index contributed by atoms with van der Waals surface area (Å²) in [5.41, 5.74) is 1.23. The highest BCUT2D eigenvalue weighted by Crippen LogP contribution is 2.40. The third-order valence-electron chi connectivity index (χ3n) is 7.44. The van der Waals surface area contributed by atoms with E-state index in [1.54, 1.807) is 12.3 Å². The Labute approximate surface area is 193 Å². The topological polar surface area (TPSA) is 67.7 Å². The van der Waals surface area contributed by atoms with Crippen molar-refractivity contribution in [3.05, 3.63) is 53.2 Å². The van der Waals surface area contributed by atoms with Gasteiger partial charge in [0.15, 0.2) is 0 Å². The molecule has 3 aromatic rings. The predicted molar refractivity (Wildman–Crippen MR) is 116 cm³/mol. The van der Waals surface area contributed by atoms with Crippen LogP contribution in [0.5, 0.6) is 0 Å². The van der Waals surface area contributed by atoms with Gasteiger partial charge in [0, 0.05) is 31.0 Å². The van der Waals surface area contributed by atoms with E-state index in [2.05, 4.69) is 24.8 Å². The van der Waals surface area contributed by atoms with Gasteiger partial charge in [0.05, 0.1) is 25.3 Å². The van der Waals surface area contributed by atoms with Crippen molar-refractivity contribution in [2.45, 2.75) is 31.0 Å². The van der Waals surface area contributed by atoms with Gasteiger partial charge in [-0.1, -0.05) is 11.1 Å². The van der Waals surface area contributed by atoms with Crippen LogP contribution < -0.4 is 4.98 Å². The first kappa shape index (κ1) is 21.7. The van der Waals surface area contributed by atoms with Gasteiger partial charge in [0.1, 0.15) is 16.9 Å². The van der Waals surface area contributed by atoms with Crippen LogP contribution in [0.25, 0.3) is 11.0 Å². The van der Waals surface area contributed by atoms with Gasteiger partial charge < -0.3 is 9.72 Å². The van der Waals surface area contributed by atoms with Crippen molar-refractivity contribution in [1.82, 2.24) is 14.9 Å². The molecule has 2 aliphatic heterocycles. The molecule has 2 aromatic heterocycles. The van der Waals surface area contributed by atoms with Crippen molar-refractivity contribution < 1.29 is 27.3 Å². The molecule has 0 radical (unpaired) electrons. The van der Waals surface area contributed by atoms with E-state index in [1.165, 1.54) is 12.4 Å². The highest BCUT2D eigenvalue weighted by Gasteiger charge is 2.43. The quantitative estimate of drug-likeness (QED) is 0.462. The summed E-state index contributed by atoms with van der Waals surface area (Å²) in [6, 6.07) is 6.07. The van der Waals surface area contributed by atoms with E-state index in [1.807, 2.05) is 6.07 Å². The number of aromatic amines is 2. The average Bonchev–Trinajstić information content (AvgIpc) is 3.51. The molecule has 34 heavy (non-hydrogen) atoms. The number of nitrogens with one attached hydrogen (secondary N) is 2. The van der Waals surface area contributed by atoms with Gasteiger partial charge in [-0.3, -0.25) is 4.90 Å². The lowest BCUT2D eigenvalue weighted by atomic mass is 9.79. The zero-order chi connectivity index (χ0) is 23.4. The molecule has 1 unspecified atom stereocenters. The van der Waals surface area contributed by atoms with Gasteiger partial charge >= 0.3 is 6.18 Å². The smallest absolute Gasteiger partial charge is 0.381 e. The number of aliphatic imine (C=N–C) groups is 1. The summed E-state index contributed by atoms with van der Waals surface area (Å²) >= 11 is 0. The molecule has 178 valence electrons. The first-order valence-corrected chi connectivity index (χ1v) is 11.5. The van der Waals surface area contributed by atoms with E-state index < -0.39 is 11.9 Å².